The van der Waals surface area contributed by atoms with Crippen molar-refractivity contribution in [3.8, 4) is 0 Å². The molecule has 0 aliphatic carbocycles. The van der Waals surface area contributed by atoms with E-state index in [2.05, 4.69) is 31.1 Å². The number of aryl methyl sites for hydroxylation is 2. The van der Waals surface area contributed by atoms with Gasteiger partial charge in [-0.3, -0.25) is 4.79 Å². The van der Waals surface area contributed by atoms with E-state index in [1.807, 2.05) is 18.7 Å². The Kier molecular flexibility index (Phi) is 5.38. The Hall–Kier alpha value is -0.940. The number of amides is 1. The third-order valence-corrected chi connectivity index (χ3v) is 5.37. The minimum Gasteiger partial charge on any atom is -0.342 e. The summed E-state index contributed by atoms with van der Waals surface area (Å²) in [6.45, 7) is 12.1. The average molecular weight is 309 g/mol. The second-order valence-corrected chi connectivity index (χ2v) is 7.56. The zero-order valence-electron chi connectivity index (χ0n) is 13.8. The van der Waals surface area contributed by atoms with Crippen molar-refractivity contribution in [1.29, 1.82) is 0 Å². The number of likely N-dealkylation sites (tertiary alicyclic amines) is 1. The van der Waals surface area contributed by atoms with Gasteiger partial charge in [0.1, 0.15) is 0 Å². The van der Waals surface area contributed by atoms with Crippen molar-refractivity contribution in [1.82, 2.24) is 15.2 Å². The lowest BCUT2D eigenvalue weighted by Gasteiger charge is -2.34. The number of carbonyl (C=O) groups is 1. The van der Waals surface area contributed by atoms with E-state index in [0.717, 1.165) is 36.6 Å². The lowest BCUT2D eigenvalue weighted by molar-refractivity contribution is -0.135. The fourth-order valence-electron chi connectivity index (χ4n) is 3.01. The molecule has 1 aromatic heterocycles. The van der Waals surface area contributed by atoms with Crippen LogP contribution in [-0.4, -0.2) is 34.9 Å². The number of nitrogens with one attached hydrogen (secondary N) is 1. The summed E-state index contributed by atoms with van der Waals surface area (Å²) in [4.78, 5) is 19.9. The molecule has 1 aliphatic heterocycles. The van der Waals surface area contributed by atoms with Crippen LogP contribution < -0.4 is 5.32 Å². The Balaban J connectivity index is 1.86. The molecule has 1 fully saturated rings. The van der Waals surface area contributed by atoms with Crippen molar-refractivity contribution in [3.63, 3.8) is 0 Å². The van der Waals surface area contributed by atoms with Crippen molar-refractivity contribution in [3.05, 3.63) is 15.6 Å². The normalized spacial score (nSPS) is 18.3. The topological polar surface area (TPSA) is 45.2 Å². The average Bonchev–Trinajstić information content (AvgIpc) is 2.77. The molecule has 2 rings (SSSR count). The summed E-state index contributed by atoms with van der Waals surface area (Å²) in [5.74, 6) is 0.395. The molecule has 0 spiro atoms. The lowest BCUT2D eigenvalue weighted by Crippen LogP contribution is -2.46. The second-order valence-electron chi connectivity index (χ2n) is 6.33. The van der Waals surface area contributed by atoms with E-state index in [0.29, 0.717) is 12.1 Å². The van der Waals surface area contributed by atoms with Crippen molar-refractivity contribution in [2.75, 3.05) is 13.1 Å². The van der Waals surface area contributed by atoms with Crippen LogP contribution in [-0.2, 0) is 4.79 Å². The van der Waals surface area contributed by atoms with Gasteiger partial charge in [-0.25, -0.2) is 4.98 Å². The van der Waals surface area contributed by atoms with Gasteiger partial charge in [0.15, 0.2) is 0 Å². The molecule has 1 aliphatic rings. The van der Waals surface area contributed by atoms with Crippen LogP contribution in [0.15, 0.2) is 0 Å². The number of hydrogen-bond donors (Lipinski definition) is 1. The van der Waals surface area contributed by atoms with E-state index >= 15 is 0 Å². The zero-order valence-corrected chi connectivity index (χ0v) is 14.6. The molecule has 0 aromatic carbocycles. The molecule has 1 amide bonds. The zero-order chi connectivity index (χ0) is 15.6. The van der Waals surface area contributed by atoms with E-state index in [1.165, 1.54) is 4.88 Å². The molecule has 4 nitrogen and oxygen atoms in total. The molecular weight excluding hydrogens is 282 g/mol. The molecule has 2 heterocycles. The highest BCUT2D eigenvalue weighted by atomic mass is 32.1. The predicted octanol–water partition coefficient (Wildman–Crippen LogP) is 3.06. The number of hydrogen-bond acceptors (Lipinski definition) is 4. The van der Waals surface area contributed by atoms with Crippen molar-refractivity contribution < 1.29 is 4.79 Å². The first-order valence-corrected chi connectivity index (χ1v) is 8.69. The number of aromatic nitrogens is 1. The number of piperidine rings is 1. The number of carbonyl (C=O) groups excluding carboxylic acids is 1. The summed E-state index contributed by atoms with van der Waals surface area (Å²) in [6, 6.07) is 0.839. The maximum atomic E-state index is 12.0. The number of rotatable bonds is 4. The highest BCUT2D eigenvalue weighted by molar-refractivity contribution is 7.11. The van der Waals surface area contributed by atoms with Crippen LogP contribution >= 0.6 is 11.3 Å². The minimum absolute atomic E-state index is 0.108. The van der Waals surface area contributed by atoms with Gasteiger partial charge < -0.3 is 10.2 Å². The molecule has 1 atom stereocenters. The van der Waals surface area contributed by atoms with Gasteiger partial charge in [-0.05, 0) is 33.6 Å². The molecule has 0 saturated carbocycles. The molecule has 0 bridgehead atoms. The van der Waals surface area contributed by atoms with Crippen molar-refractivity contribution >= 4 is 17.2 Å². The maximum Gasteiger partial charge on any atom is 0.225 e. The molecule has 5 heteroatoms. The van der Waals surface area contributed by atoms with Gasteiger partial charge in [0, 0.05) is 36.0 Å². The Morgan fingerprint density at radius 1 is 1.29 bits per heavy atom. The standard InChI is InChI=1S/C16H27N3OS/c1-10(2)16(20)19-8-6-14(7-9-19)18-12(4)15-11(3)17-13(5)21-15/h10,12,14,18H,6-9H2,1-5H3. The van der Waals surface area contributed by atoms with E-state index < -0.39 is 0 Å². The molecule has 118 valence electrons. The molecule has 1 aromatic rings. The van der Waals surface area contributed by atoms with Gasteiger partial charge in [-0.1, -0.05) is 13.8 Å². The van der Waals surface area contributed by atoms with Gasteiger partial charge in [0.25, 0.3) is 0 Å². The van der Waals surface area contributed by atoms with Gasteiger partial charge in [0.05, 0.1) is 10.7 Å². The fraction of sp³-hybridized carbons (Fsp3) is 0.750. The fourth-order valence-corrected chi connectivity index (χ4v) is 3.95. The first-order valence-electron chi connectivity index (χ1n) is 7.87. The predicted molar refractivity (Wildman–Crippen MR) is 87.6 cm³/mol. The van der Waals surface area contributed by atoms with Crippen molar-refractivity contribution in [2.24, 2.45) is 5.92 Å². The SMILES string of the molecule is Cc1nc(C)c(C(C)NC2CCN(C(=O)C(C)C)CC2)s1. The summed E-state index contributed by atoms with van der Waals surface area (Å²) >= 11 is 1.78. The van der Waals surface area contributed by atoms with Gasteiger partial charge in [-0.2, -0.15) is 0 Å². The molecular formula is C16H27N3OS. The summed E-state index contributed by atoms with van der Waals surface area (Å²) < 4.78 is 0. The third kappa shape index (κ3) is 4.04. The lowest BCUT2D eigenvalue weighted by atomic mass is 10.0. The van der Waals surface area contributed by atoms with E-state index in [1.54, 1.807) is 11.3 Å². The summed E-state index contributed by atoms with van der Waals surface area (Å²) in [7, 11) is 0. The largest absolute Gasteiger partial charge is 0.342 e. The second kappa shape index (κ2) is 6.88. The summed E-state index contributed by atoms with van der Waals surface area (Å²) in [5.41, 5.74) is 1.14. The first-order chi connectivity index (χ1) is 9.88. The highest BCUT2D eigenvalue weighted by Crippen LogP contribution is 2.26. The Bertz CT molecular complexity index is 490. The molecule has 1 N–H and O–H groups in total. The van der Waals surface area contributed by atoms with Gasteiger partial charge in [0.2, 0.25) is 5.91 Å². The smallest absolute Gasteiger partial charge is 0.225 e. The van der Waals surface area contributed by atoms with Crippen LogP contribution in [0.2, 0.25) is 0 Å². The highest BCUT2D eigenvalue weighted by Gasteiger charge is 2.25. The van der Waals surface area contributed by atoms with Crippen LogP contribution in [0.3, 0.4) is 0 Å². The third-order valence-electron chi connectivity index (χ3n) is 4.12. The molecule has 0 radical (unpaired) electrons. The van der Waals surface area contributed by atoms with E-state index in [9.17, 15) is 4.79 Å². The molecule has 21 heavy (non-hydrogen) atoms. The Morgan fingerprint density at radius 2 is 1.90 bits per heavy atom. The van der Waals surface area contributed by atoms with Crippen molar-refractivity contribution in [2.45, 2.75) is 59.5 Å². The Morgan fingerprint density at radius 3 is 2.38 bits per heavy atom. The summed E-state index contributed by atoms with van der Waals surface area (Å²) in [5, 5.41) is 4.84. The van der Waals surface area contributed by atoms with Gasteiger partial charge in [-0.15, -0.1) is 11.3 Å². The number of nitrogens with zero attached hydrogens (tertiary/aromatic N) is 2. The minimum atomic E-state index is 0.108. The Labute approximate surface area is 132 Å². The van der Waals surface area contributed by atoms with Crippen LogP contribution in [0, 0.1) is 19.8 Å². The van der Waals surface area contributed by atoms with E-state index in [4.69, 9.17) is 0 Å². The quantitative estimate of drug-likeness (QED) is 0.930. The molecule has 1 unspecified atom stereocenters. The van der Waals surface area contributed by atoms with Crippen LogP contribution in [0.25, 0.3) is 0 Å². The first kappa shape index (κ1) is 16.4. The monoisotopic (exact) mass is 309 g/mol. The van der Waals surface area contributed by atoms with Crippen LogP contribution in [0.5, 0.6) is 0 Å². The molecule has 1 saturated heterocycles. The van der Waals surface area contributed by atoms with Gasteiger partial charge >= 0.3 is 0 Å². The summed E-state index contributed by atoms with van der Waals surface area (Å²) in [6.07, 6.45) is 2.08. The number of thiazole rings is 1. The van der Waals surface area contributed by atoms with E-state index in [-0.39, 0.29) is 11.8 Å². The maximum absolute atomic E-state index is 12.0. The van der Waals surface area contributed by atoms with Crippen LogP contribution in [0.4, 0.5) is 0 Å². The van der Waals surface area contributed by atoms with Crippen LogP contribution in [0.1, 0.15) is 55.2 Å².